The van der Waals surface area contributed by atoms with Crippen LogP contribution in [0.25, 0.3) is 11.0 Å². The van der Waals surface area contributed by atoms with Gasteiger partial charge in [-0.25, -0.2) is 4.98 Å². The number of aromatic amines is 1. The van der Waals surface area contributed by atoms with Gasteiger partial charge in [0.05, 0.1) is 23.0 Å². The van der Waals surface area contributed by atoms with Gasteiger partial charge in [0.2, 0.25) is 0 Å². The lowest BCUT2D eigenvalue weighted by Crippen LogP contribution is -2.18. The molecule has 6 nitrogen and oxygen atoms in total. The lowest BCUT2D eigenvalue weighted by Gasteiger charge is -2.08. The Hall–Kier alpha value is -3.16. The van der Waals surface area contributed by atoms with Crippen LogP contribution in [-0.4, -0.2) is 32.2 Å². The van der Waals surface area contributed by atoms with E-state index in [4.69, 9.17) is 21.7 Å². The summed E-state index contributed by atoms with van der Waals surface area (Å²) in [6.45, 7) is 7.55. The normalized spacial score (nSPS) is 10.9. The number of rotatable bonds is 9. The van der Waals surface area contributed by atoms with Crippen LogP contribution in [0, 0.1) is 5.41 Å². The van der Waals surface area contributed by atoms with Gasteiger partial charge in [-0.05, 0) is 56.3 Å². The van der Waals surface area contributed by atoms with E-state index in [2.05, 4.69) is 21.5 Å². The Morgan fingerprint density at radius 3 is 2.84 bits per heavy atom. The van der Waals surface area contributed by atoms with E-state index in [0.29, 0.717) is 27.3 Å². The number of nitrogens with zero attached hydrogens (tertiary/aromatic N) is 2. The monoisotopic (exact) mass is 452 g/mol. The molecular formula is C23H21ClN4O2S. The first-order chi connectivity index (χ1) is 14.8. The molecule has 0 atom stereocenters. The molecule has 0 saturated heterocycles. The molecule has 0 spiro atoms. The molecule has 0 radical (unpaired) electrons. The Morgan fingerprint density at radius 2 is 2.13 bits per heavy atom. The molecule has 158 valence electrons. The SMILES string of the molecule is C=C(/C=C\C(C(=N)C(=O)CSc1nc2ccc(Cl)cc2[nH]1)=C(C)C)Oc1cccnc1. The molecule has 0 aliphatic carbocycles. The maximum absolute atomic E-state index is 12.6. The standard InChI is InChI=1S/C23H21ClN4O2S/c1-14(2)18(8-6-15(3)30-17-5-4-10-26-12-17)22(25)21(29)13-31-23-27-19-9-7-16(24)11-20(19)28-23/h4-12,25H,3,13H2,1-2H3,(H,27,28)/b8-6-,25-22?. The number of hydrogen-bond acceptors (Lipinski definition) is 6. The van der Waals surface area contributed by atoms with Crippen molar-refractivity contribution in [2.45, 2.75) is 19.0 Å². The second-order valence-corrected chi connectivity index (χ2v) is 8.19. The van der Waals surface area contributed by atoms with Gasteiger partial charge in [-0.15, -0.1) is 0 Å². The predicted octanol–water partition coefficient (Wildman–Crippen LogP) is 5.78. The average Bonchev–Trinajstić information content (AvgIpc) is 3.14. The van der Waals surface area contributed by atoms with Crippen LogP contribution < -0.4 is 4.74 Å². The van der Waals surface area contributed by atoms with Crippen molar-refractivity contribution >= 4 is 45.9 Å². The summed E-state index contributed by atoms with van der Waals surface area (Å²) < 4.78 is 5.58. The Balaban J connectivity index is 1.62. The van der Waals surface area contributed by atoms with Crippen LogP contribution in [0.4, 0.5) is 0 Å². The van der Waals surface area contributed by atoms with E-state index in [1.165, 1.54) is 11.8 Å². The topological polar surface area (TPSA) is 91.7 Å². The zero-order valence-corrected chi connectivity index (χ0v) is 18.7. The molecule has 8 heteroatoms. The lowest BCUT2D eigenvalue weighted by atomic mass is 10.0. The van der Waals surface area contributed by atoms with Crippen LogP contribution in [0.1, 0.15) is 13.8 Å². The molecule has 2 aromatic heterocycles. The summed E-state index contributed by atoms with van der Waals surface area (Å²) >= 11 is 7.24. The van der Waals surface area contributed by atoms with Crippen molar-refractivity contribution in [1.82, 2.24) is 15.0 Å². The molecule has 31 heavy (non-hydrogen) atoms. The number of pyridine rings is 1. The minimum Gasteiger partial charge on any atom is -0.456 e. The number of benzene rings is 1. The third-order valence-corrected chi connectivity index (χ3v) is 5.28. The largest absolute Gasteiger partial charge is 0.456 e. The van der Waals surface area contributed by atoms with Crippen LogP contribution in [-0.2, 0) is 4.79 Å². The van der Waals surface area contributed by atoms with Crippen LogP contribution >= 0.6 is 23.4 Å². The van der Waals surface area contributed by atoms with E-state index in [1.54, 1.807) is 48.8 Å². The number of H-pyrrole nitrogens is 1. The first-order valence-electron chi connectivity index (χ1n) is 9.36. The number of ketones is 1. The number of imidazole rings is 1. The molecule has 0 aliphatic heterocycles. The van der Waals surface area contributed by atoms with Crippen LogP contribution in [0.5, 0.6) is 5.75 Å². The number of carbonyl (C=O) groups excluding carboxylic acids is 1. The Labute approximate surface area is 189 Å². The van der Waals surface area contributed by atoms with E-state index in [9.17, 15) is 4.79 Å². The summed E-state index contributed by atoms with van der Waals surface area (Å²) in [6.07, 6.45) is 6.53. The zero-order valence-electron chi connectivity index (χ0n) is 17.1. The van der Waals surface area contributed by atoms with E-state index < -0.39 is 0 Å². The van der Waals surface area contributed by atoms with E-state index in [-0.39, 0.29) is 17.2 Å². The molecule has 3 rings (SSSR count). The predicted molar refractivity (Wildman–Crippen MR) is 126 cm³/mol. The van der Waals surface area contributed by atoms with E-state index in [1.807, 2.05) is 19.9 Å². The summed E-state index contributed by atoms with van der Waals surface area (Å²) in [6, 6.07) is 8.89. The van der Waals surface area contributed by atoms with Crippen molar-refractivity contribution in [3.8, 4) is 5.75 Å². The molecular weight excluding hydrogens is 432 g/mol. The molecule has 2 N–H and O–H groups in total. The summed E-state index contributed by atoms with van der Waals surface area (Å²) in [7, 11) is 0. The first-order valence-corrected chi connectivity index (χ1v) is 10.7. The molecule has 3 aromatic rings. The highest BCUT2D eigenvalue weighted by atomic mass is 35.5. The van der Waals surface area contributed by atoms with Gasteiger partial charge in [-0.1, -0.05) is 35.5 Å². The minimum absolute atomic E-state index is 0.0721. The van der Waals surface area contributed by atoms with Crippen LogP contribution in [0.2, 0.25) is 5.02 Å². The summed E-state index contributed by atoms with van der Waals surface area (Å²) in [4.78, 5) is 24.2. The first kappa shape index (κ1) is 22.5. The van der Waals surface area contributed by atoms with Crippen molar-refractivity contribution in [3.05, 3.63) is 83.4 Å². The molecule has 0 fully saturated rings. The summed E-state index contributed by atoms with van der Waals surface area (Å²) in [5.74, 6) is 0.723. The highest BCUT2D eigenvalue weighted by molar-refractivity contribution is 7.99. The van der Waals surface area contributed by atoms with Crippen molar-refractivity contribution in [3.63, 3.8) is 0 Å². The highest BCUT2D eigenvalue weighted by Crippen LogP contribution is 2.23. The number of allylic oxidation sites excluding steroid dienone is 4. The van der Waals surface area contributed by atoms with Gasteiger partial charge in [0, 0.05) is 16.8 Å². The summed E-state index contributed by atoms with van der Waals surface area (Å²) in [5, 5.41) is 9.56. The number of carbonyl (C=O) groups is 1. The van der Waals surface area contributed by atoms with Crippen molar-refractivity contribution in [2.75, 3.05) is 5.75 Å². The Kier molecular flexibility index (Phi) is 7.44. The van der Waals surface area contributed by atoms with Crippen LogP contribution in [0.15, 0.2) is 83.5 Å². The molecule has 0 aliphatic rings. The number of halogens is 1. The number of aromatic nitrogens is 3. The maximum atomic E-state index is 12.6. The molecule has 0 saturated carbocycles. The fourth-order valence-electron chi connectivity index (χ4n) is 2.65. The van der Waals surface area contributed by atoms with Crippen molar-refractivity contribution < 1.29 is 9.53 Å². The fourth-order valence-corrected chi connectivity index (χ4v) is 3.58. The smallest absolute Gasteiger partial charge is 0.191 e. The summed E-state index contributed by atoms with van der Waals surface area (Å²) in [5.41, 5.74) is 2.87. The second kappa shape index (κ2) is 10.2. The second-order valence-electron chi connectivity index (χ2n) is 6.79. The maximum Gasteiger partial charge on any atom is 0.191 e. The van der Waals surface area contributed by atoms with Gasteiger partial charge in [-0.2, -0.15) is 0 Å². The van der Waals surface area contributed by atoms with E-state index >= 15 is 0 Å². The number of ether oxygens (including phenoxy) is 1. The Morgan fingerprint density at radius 1 is 1.32 bits per heavy atom. The fraction of sp³-hybridized carbons (Fsp3) is 0.130. The van der Waals surface area contributed by atoms with Gasteiger partial charge in [0.1, 0.15) is 17.2 Å². The zero-order chi connectivity index (χ0) is 22.4. The number of nitrogens with one attached hydrogen (secondary N) is 2. The van der Waals surface area contributed by atoms with Gasteiger partial charge in [0.15, 0.2) is 10.9 Å². The number of Topliss-reactive ketones (excluding diaryl/α,β-unsaturated/α-hetero) is 1. The van der Waals surface area contributed by atoms with E-state index in [0.717, 1.165) is 16.6 Å². The Bertz CT molecular complexity index is 1190. The number of hydrogen-bond donors (Lipinski definition) is 2. The van der Waals surface area contributed by atoms with Gasteiger partial charge in [0.25, 0.3) is 0 Å². The molecule has 0 amide bonds. The quantitative estimate of drug-likeness (QED) is 0.186. The van der Waals surface area contributed by atoms with Gasteiger partial charge >= 0.3 is 0 Å². The van der Waals surface area contributed by atoms with Crippen molar-refractivity contribution in [1.29, 1.82) is 5.41 Å². The molecule has 2 heterocycles. The van der Waals surface area contributed by atoms with Crippen LogP contribution in [0.3, 0.4) is 0 Å². The lowest BCUT2D eigenvalue weighted by molar-refractivity contribution is -0.110. The average molecular weight is 453 g/mol. The third-order valence-electron chi connectivity index (χ3n) is 4.17. The number of thioether (sulfide) groups is 1. The minimum atomic E-state index is -0.303. The number of fused-ring (bicyclic) bond motifs is 1. The molecule has 0 unspecified atom stereocenters. The van der Waals surface area contributed by atoms with Crippen molar-refractivity contribution in [2.24, 2.45) is 0 Å². The van der Waals surface area contributed by atoms with Gasteiger partial charge < -0.3 is 9.72 Å². The highest BCUT2D eigenvalue weighted by Gasteiger charge is 2.16. The molecule has 0 bridgehead atoms. The third kappa shape index (κ3) is 6.16. The van der Waals surface area contributed by atoms with Gasteiger partial charge in [-0.3, -0.25) is 15.2 Å². The molecule has 1 aromatic carbocycles.